The molecule has 0 bridgehead atoms. The third-order valence-electron chi connectivity index (χ3n) is 4.11. The van der Waals surface area contributed by atoms with E-state index in [1.165, 1.54) is 11.3 Å². The fourth-order valence-electron chi connectivity index (χ4n) is 2.98. The van der Waals surface area contributed by atoms with Crippen LogP contribution in [-0.4, -0.2) is 16.5 Å². The number of nitrogens with one attached hydrogen (secondary N) is 1. The van der Waals surface area contributed by atoms with Gasteiger partial charge in [0.05, 0.1) is 10.7 Å². The molecule has 3 aromatic rings. The second kappa shape index (κ2) is 6.13. The third kappa shape index (κ3) is 2.81. The molecule has 120 valence electrons. The van der Waals surface area contributed by atoms with Crippen LogP contribution in [0.25, 0.3) is 0 Å². The van der Waals surface area contributed by atoms with Gasteiger partial charge in [-0.05, 0) is 37.1 Å². The van der Waals surface area contributed by atoms with Gasteiger partial charge in [0.1, 0.15) is 5.82 Å². The minimum absolute atomic E-state index is 0.668. The number of para-hydroxylation sites is 2. The molecule has 5 heteroatoms. The summed E-state index contributed by atoms with van der Waals surface area (Å²) in [5.41, 5.74) is 4.28. The molecule has 0 spiro atoms. The Morgan fingerprint density at radius 2 is 1.83 bits per heavy atom. The predicted octanol–water partition coefficient (Wildman–Crippen LogP) is 4.88. The molecule has 4 nitrogen and oxygen atoms in total. The number of halogens is 1. The van der Waals surface area contributed by atoms with Crippen molar-refractivity contribution in [3.63, 3.8) is 0 Å². The Kier molecular flexibility index (Phi) is 3.82. The van der Waals surface area contributed by atoms with E-state index >= 15 is 0 Å². The fourth-order valence-corrected chi connectivity index (χ4v) is 3.17. The highest BCUT2D eigenvalue weighted by atomic mass is 35.5. The van der Waals surface area contributed by atoms with Crippen molar-refractivity contribution in [1.29, 1.82) is 0 Å². The Hall–Kier alpha value is -2.59. The van der Waals surface area contributed by atoms with Crippen LogP contribution in [0, 0.1) is 6.92 Å². The average molecular weight is 337 g/mol. The highest BCUT2D eigenvalue weighted by Gasteiger charge is 2.22. The molecule has 0 unspecified atom stereocenters. The van der Waals surface area contributed by atoms with Crippen molar-refractivity contribution in [3.8, 4) is 0 Å². The first-order valence-electron chi connectivity index (χ1n) is 7.93. The molecule has 0 aliphatic carbocycles. The summed E-state index contributed by atoms with van der Waals surface area (Å²) in [4.78, 5) is 11.5. The van der Waals surface area contributed by atoms with Crippen LogP contribution in [0.3, 0.4) is 0 Å². The van der Waals surface area contributed by atoms with Crippen LogP contribution in [0.15, 0.2) is 54.6 Å². The normalized spacial score (nSPS) is 13.0. The number of aryl methyl sites for hydroxylation is 1. The van der Waals surface area contributed by atoms with Crippen molar-refractivity contribution in [2.24, 2.45) is 0 Å². The molecule has 1 aromatic heterocycles. The summed E-state index contributed by atoms with van der Waals surface area (Å²) in [5.74, 6) is 1.46. The molecule has 2 heterocycles. The van der Waals surface area contributed by atoms with E-state index in [0.717, 1.165) is 36.1 Å². The summed E-state index contributed by atoms with van der Waals surface area (Å²) in [6.07, 6.45) is 1.01. The first kappa shape index (κ1) is 15.0. The van der Waals surface area contributed by atoms with Gasteiger partial charge in [-0.25, -0.2) is 4.98 Å². The van der Waals surface area contributed by atoms with Crippen LogP contribution in [0.4, 0.5) is 23.1 Å². The van der Waals surface area contributed by atoms with Gasteiger partial charge in [-0.1, -0.05) is 41.9 Å². The van der Waals surface area contributed by atoms with Gasteiger partial charge >= 0.3 is 0 Å². The molecule has 0 radical (unpaired) electrons. The molecular formula is C19H17ClN4. The Morgan fingerprint density at radius 1 is 1.04 bits per heavy atom. The van der Waals surface area contributed by atoms with Gasteiger partial charge in [0, 0.05) is 24.0 Å². The average Bonchev–Trinajstić information content (AvgIpc) is 3.01. The second-order valence-electron chi connectivity index (χ2n) is 5.83. The zero-order chi connectivity index (χ0) is 16.5. The van der Waals surface area contributed by atoms with Gasteiger partial charge in [0.2, 0.25) is 5.95 Å². The third-order valence-corrected chi connectivity index (χ3v) is 4.44. The maximum atomic E-state index is 6.23. The van der Waals surface area contributed by atoms with E-state index in [2.05, 4.69) is 39.5 Å². The highest BCUT2D eigenvalue weighted by Crippen LogP contribution is 2.33. The molecule has 2 aromatic carbocycles. The topological polar surface area (TPSA) is 41.1 Å². The van der Waals surface area contributed by atoms with E-state index < -0.39 is 0 Å². The number of anilines is 4. The van der Waals surface area contributed by atoms with Crippen LogP contribution in [0.2, 0.25) is 5.02 Å². The minimum Gasteiger partial charge on any atom is -0.339 e. The number of hydrogen-bond acceptors (Lipinski definition) is 4. The summed E-state index contributed by atoms with van der Waals surface area (Å²) in [5, 5.41) is 3.96. The number of nitrogens with zero attached hydrogens (tertiary/aromatic N) is 3. The van der Waals surface area contributed by atoms with Crippen molar-refractivity contribution >= 4 is 34.7 Å². The number of benzene rings is 2. The van der Waals surface area contributed by atoms with Crippen LogP contribution in [-0.2, 0) is 6.42 Å². The Labute approximate surface area is 146 Å². The molecular weight excluding hydrogens is 320 g/mol. The van der Waals surface area contributed by atoms with Gasteiger partial charge < -0.3 is 10.2 Å². The molecule has 1 aliphatic rings. The van der Waals surface area contributed by atoms with Crippen LogP contribution in [0.5, 0.6) is 0 Å². The van der Waals surface area contributed by atoms with E-state index in [1.807, 2.05) is 37.3 Å². The molecule has 1 N–H and O–H groups in total. The lowest BCUT2D eigenvalue weighted by Crippen LogP contribution is -2.17. The molecule has 0 saturated carbocycles. The van der Waals surface area contributed by atoms with Crippen molar-refractivity contribution in [3.05, 3.63) is 70.9 Å². The van der Waals surface area contributed by atoms with E-state index in [1.54, 1.807) is 0 Å². The van der Waals surface area contributed by atoms with Crippen molar-refractivity contribution in [2.45, 2.75) is 13.3 Å². The lowest BCUT2D eigenvalue weighted by atomic mass is 10.2. The van der Waals surface area contributed by atoms with Crippen molar-refractivity contribution in [2.75, 3.05) is 16.8 Å². The maximum absolute atomic E-state index is 6.23. The fraction of sp³-hybridized carbons (Fsp3) is 0.158. The lowest BCUT2D eigenvalue weighted by molar-refractivity contribution is 0.931. The summed E-state index contributed by atoms with van der Waals surface area (Å²) < 4.78 is 0. The Balaban J connectivity index is 1.69. The largest absolute Gasteiger partial charge is 0.339 e. The van der Waals surface area contributed by atoms with Crippen LogP contribution < -0.4 is 10.2 Å². The van der Waals surface area contributed by atoms with Gasteiger partial charge in [0.15, 0.2) is 0 Å². The molecule has 0 fully saturated rings. The molecule has 0 amide bonds. The number of rotatable bonds is 3. The zero-order valence-electron chi connectivity index (χ0n) is 13.3. The standard InChI is InChI=1S/C19H17ClN4/c1-13-12-18(22-16-8-4-3-7-15(16)20)23-19(21-13)24-11-10-14-6-2-5-9-17(14)24/h2-9,12H,10-11H2,1H3,(H,21,22,23). The second-order valence-corrected chi connectivity index (χ2v) is 6.24. The number of aromatic nitrogens is 2. The maximum Gasteiger partial charge on any atom is 0.232 e. The smallest absolute Gasteiger partial charge is 0.232 e. The molecule has 24 heavy (non-hydrogen) atoms. The van der Waals surface area contributed by atoms with Crippen LogP contribution >= 0.6 is 11.6 Å². The summed E-state index contributed by atoms with van der Waals surface area (Å²) in [6.45, 7) is 2.87. The first-order valence-corrected chi connectivity index (χ1v) is 8.31. The molecule has 0 saturated heterocycles. The number of hydrogen-bond donors (Lipinski definition) is 1. The predicted molar refractivity (Wildman–Crippen MR) is 98.7 cm³/mol. The minimum atomic E-state index is 0.668. The Morgan fingerprint density at radius 3 is 2.71 bits per heavy atom. The highest BCUT2D eigenvalue weighted by molar-refractivity contribution is 6.33. The van der Waals surface area contributed by atoms with Gasteiger partial charge in [-0.2, -0.15) is 4.98 Å². The van der Waals surface area contributed by atoms with Crippen molar-refractivity contribution in [1.82, 2.24) is 9.97 Å². The van der Waals surface area contributed by atoms with Crippen molar-refractivity contribution < 1.29 is 0 Å². The van der Waals surface area contributed by atoms with Gasteiger partial charge in [0.25, 0.3) is 0 Å². The Bertz CT molecular complexity index is 894. The van der Waals surface area contributed by atoms with E-state index in [9.17, 15) is 0 Å². The van der Waals surface area contributed by atoms with E-state index in [4.69, 9.17) is 16.6 Å². The van der Waals surface area contributed by atoms with Crippen LogP contribution in [0.1, 0.15) is 11.3 Å². The summed E-state index contributed by atoms with van der Waals surface area (Å²) in [7, 11) is 0. The van der Waals surface area contributed by atoms with E-state index in [0.29, 0.717) is 5.02 Å². The zero-order valence-corrected chi connectivity index (χ0v) is 14.1. The molecule has 4 rings (SSSR count). The molecule has 0 atom stereocenters. The van der Waals surface area contributed by atoms with Gasteiger partial charge in [-0.3, -0.25) is 0 Å². The lowest BCUT2D eigenvalue weighted by Gasteiger charge is -2.19. The quantitative estimate of drug-likeness (QED) is 0.740. The SMILES string of the molecule is Cc1cc(Nc2ccccc2Cl)nc(N2CCc3ccccc32)n1. The first-order chi connectivity index (χ1) is 11.7. The monoisotopic (exact) mass is 336 g/mol. The number of fused-ring (bicyclic) bond motifs is 1. The summed E-state index contributed by atoms with van der Waals surface area (Å²) in [6, 6.07) is 18.0. The summed E-state index contributed by atoms with van der Waals surface area (Å²) >= 11 is 6.23. The van der Waals surface area contributed by atoms with E-state index in [-0.39, 0.29) is 0 Å². The van der Waals surface area contributed by atoms with Gasteiger partial charge in [-0.15, -0.1) is 0 Å². The molecule has 1 aliphatic heterocycles.